The van der Waals surface area contributed by atoms with Gasteiger partial charge in [0.15, 0.2) is 0 Å². The van der Waals surface area contributed by atoms with Crippen LogP contribution in [0.25, 0.3) is 0 Å². The maximum atomic E-state index is 9.12. The van der Waals surface area contributed by atoms with E-state index >= 15 is 0 Å². The highest BCUT2D eigenvalue weighted by Gasteiger charge is 2.03. The van der Waals surface area contributed by atoms with Crippen LogP contribution in [0.1, 0.15) is 18.1 Å². The Morgan fingerprint density at radius 1 is 1.25 bits per heavy atom. The van der Waals surface area contributed by atoms with Gasteiger partial charge >= 0.3 is 0 Å². The molecule has 0 radical (unpaired) electrons. The van der Waals surface area contributed by atoms with Crippen LogP contribution in [0.4, 0.5) is 5.69 Å². The van der Waals surface area contributed by atoms with Gasteiger partial charge in [0.25, 0.3) is 0 Å². The monoisotopic (exact) mass is 330 g/mol. The Hall–Kier alpha value is -1.99. The predicted octanol–water partition coefficient (Wildman–Crippen LogP) is 4.33. The van der Waals surface area contributed by atoms with E-state index in [0.29, 0.717) is 18.7 Å². The Bertz CT molecular complexity index is 635. The van der Waals surface area contributed by atoms with Gasteiger partial charge in [0.05, 0.1) is 17.9 Å². The van der Waals surface area contributed by atoms with Crippen LogP contribution in [0.3, 0.4) is 0 Å². The average molecular weight is 331 g/mol. The summed E-state index contributed by atoms with van der Waals surface area (Å²) in [6, 6.07) is 15.7. The lowest BCUT2D eigenvalue weighted by atomic mass is 10.1. The fraction of sp³-hybridized carbons (Fsp3) is 0.188. The van der Waals surface area contributed by atoms with E-state index in [-0.39, 0.29) is 0 Å². The Morgan fingerprint density at radius 2 is 2.10 bits per heavy atom. The van der Waals surface area contributed by atoms with E-state index in [1.807, 2.05) is 43.3 Å². The normalized spacial score (nSPS) is 9.85. The van der Waals surface area contributed by atoms with E-state index < -0.39 is 0 Å². The zero-order chi connectivity index (χ0) is 14.4. The fourth-order valence-electron chi connectivity index (χ4n) is 1.87. The predicted molar refractivity (Wildman–Crippen MR) is 83.8 cm³/mol. The molecule has 0 atom stereocenters. The van der Waals surface area contributed by atoms with Gasteiger partial charge in [-0.3, -0.25) is 0 Å². The highest BCUT2D eigenvalue weighted by Crippen LogP contribution is 2.21. The summed E-state index contributed by atoms with van der Waals surface area (Å²) in [5.41, 5.74) is 2.57. The van der Waals surface area contributed by atoms with Crippen LogP contribution in [-0.2, 0) is 6.54 Å². The molecule has 0 aliphatic heterocycles. The van der Waals surface area contributed by atoms with Gasteiger partial charge < -0.3 is 10.1 Å². The van der Waals surface area contributed by atoms with Crippen LogP contribution in [-0.4, -0.2) is 6.61 Å². The minimum Gasteiger partial charge on any atom is -0.494 e. The molecular formula is C16H15BrN2O. The first-order valence-electron chi connectivity index (χ1n) is 6.38. The lowest BCUT2D eigenvalue weighted by molar-refractivity contribution is 0.340. The molecule has 0 spiro atoms. The van der Waals surface area contributed by atoms with Gasteiger partial charge in [-0.25, -0.2) is 0 Å². The van der Waals surface area contributed by atoms with E-state index in [2.05, 4.69) is 27.3 Å². The van der Waals surface area contributed by atoms with Crippen molar-refractivity contribution in [2.24, 2.45) is 0 Å². The number of hydrogen-bond donors (Lipinski definition) is 1. The number of hydrogen-bond acceptors (Lipinski definition) is 3. The van der Waals surface area contributed by atoms with Crippen molar-refractivity contribution in [3.63, 3.8) is 0 Å². The molecule has 0 amide bonds. The highest BCUT2D eigenvalue weighted by molar-refractivity contribution is 9.10. The molecule has 0 saturated carbocycles. The van der Waals surface area contributed by atoms with Crippen molar-refractivity contribution in [1.82, 2.24) is 0 Å². The minimum atomic E-state index is 0.625. The second-order valence-corrected chi connectivity index (χ2v) is 5.15. The van der Waals surface area contributed by atoms with Crippen LogP contribution >= 0.6 is 15.9 Å². The summed E-state index contributed by atoms with van der Waals surface area (Å²) in [5.74, 6) is 0.864. The van der Waals surface area contributed by atoms with Crippen molar-refractivity contribution in [3.8, 4) is 11.8 Å². The second kappa shape index (κ2) is 6.97. The van der Waals surface area contributed by atoms with Crippen molar-refractivity contribution in [2.75, 3.05) is 11.9 Å². The van der Waals surface area contributed by atoms with Crippen LogP contribution in [0.5, 0.6) is 5.75 Å². The van der Waals surface area contributed by atoms with Crippen LogP contribution < -0.4 is 10.1 Å². The molecule has 1 N–H and O–H groups in total. The van der Waals surface area contributed by atoms with E-state index in [1.54, 1.807) is 6.07 Å². The van der Waals surface area contributed by atoms with Crippen LogP contribution in [0.2, 0.25) is 0 Å². The van der Waals surface area contributed by atoms with E-state index in [1.165, 1.54) is 0 Å². The molecule has 2 aromatic carbocycles. The van der Waals surface area contributed by atoms with Crippen LogP contribution in [0, 0.1) is 11.3 Å². The standard InChI is InChI=1S/C16H15BrN2O/c1-2-20-15-5-3-4-12(8-15)11-19-16-7-6-14(17)9-13(16)10-18/h3-9,19H,2,11H2,1H3. The molecule has 0 aliphatic rings. The molecule has 2 rings (SSSR count). The van der Waals surface area contributed by atoms with Gasteiger partial charge in [-0.15, -0.1) is 0 Å². The summed E-state index contributed by atoms with van der Waals surface area (Å²) in [5, 5.41) is 12.4. The topological polar surface area (TPSA) is 45.0 Å². The van der Waals surface area contributed by atoms with Gasteiger partial charge in [0.2, 0.25) is 0 Å². The Balaban J connectivity index is 2.09. The summed E-state index contributed by atoms with van der Waals surface area (Å²) < 4.78 is 6.37. The molecule has 102 valence electrons. The Kier molecular flexibility index (Phi) is 5.03. The third kappa shape index (κ3) is 3.75. The molecule has 4 heteroatoms. The number of halogens is 1. The first-order valence-corrected chi connectivity index (χ1v) is 7.17. The SMILES string of the molecule is CCOc1cccc(CNc2ccc(Br)cc2C#N)c1. The highest BCUT2D eigenvalue weighted by atomic mass is 79.9. The fourth-order valence-corrected chi connectivity index (χ4v) is 2.23. The molecule has 0 unspecified atom stereocenters. The number of ether oxygens (including phenoxy) is 1. The molecule has 0 bridgehead atoms. The molecule has 3 nitrogen and oxygen atoms in total. The van der Waals surface area contributed by atoms with Gasteiger partial charge in [0, 0.05) is 11.0 Å². The summed E-state index contributed by atoms with van der Waals surface area (Å²) in [6.45, 7) is 3.27. The summed E-state index contributed by atoms with van der Waals surface area (Å²) in [6.07, 6.45) is 0. The third-order valence-electron chi connectivity index (χ3n) is 2.79. The van der Waals surface area contributed by atoms with E-state index in [0.717, 1.165) is 21.5 Å². The van der Waals surface area contributed by atoms with E-state index in [4.69, 9.17) is 10.00 Å². The first-order chi connectivity index (χ1) is 9.72. The molecule has 0 aliphatic carbocycles. The number of nitriles is 1. The van der Waals surface area contributed by atoms with Crippen molar-refractivity contribution < 1.29 is 4.74 Å². The van der Waals surface area contributed by atoms with E-state index in [9.17, 15) is 0 Å². The smallest absolute Gasteiger partial charge is 0.119 e. The summed E-state index contributed by atoms with van der Waals surface area (Å²) in [7, 11) is 0. The third-order valence-corrected chi connectivity index (χ3v) is 3.29. The number of nitrogens with one attached hydrogen (secondary N) is 1. The Labute approximate surface area is 127 Å². The van der Waals surface area contributed by atoms with Crippen molar-refractivity contribution >= 4 is 21.6 Å². The molecule has 0 fully saturated rings. The lowest BCUT2D eigenvalue weighted by Crippen LogP contribution is -2.02. The summed E-state index contributed by atoms with van der Waals surface area (Å²) in [4.78, 5) is 0. The molecule has 0 saturated heterocycles. The van der Waals surface area contributed by atoms with Gasteiger partial charge in [-0.2, -0.15) is 5.26 Å². The number of nitrogens with zero attached hydrogens (tertiary/aromatic N) is 1. The maximum Gasteiger partial charge on any atom is 0.119 e. The molecule has 20 heavy (non-hydrogen) atoms. The average Bonchev–Trinajstić information content (AvgIpc) is 2.46. The zero-order valence-corrected chi connectivity index (χ0v) is 12.8. The van der Waals surface area contributed by atoms with Crippen LogP contribution in [0.15, 0.2) is 46.9 Å². The second-order valence-electron chi connectivity index (χ2n) is 4.24. The quantitative estimate of drug-likeness (QED) is 0.887. The Morgan fingerprint density at radius 3 is 2.85 bits per heavy atom. The lowest BCUT2D eigenvalue weighted by Gasteiger charge is -2.10. The van der Waals surface area contributed by atoms with Crippen molar-refractivity contribution in [3.05, 3.63) is 58.1 Å². The summed E-state index contributed by atoms with van der Waals surface area (Å²) >= 11 is 3.36. The molecule has 2 aromatic rings. The van der Waals surface area contributed by atoms with Crippen molar-refractivity contribution in [1.29, 1.82) is 5.26 Å². The zero-order valence-electron chi connectivity index (χ0n) is 11.2. The number of anilines is 1. The maximum absolute atomic E-state index is 9.12. The number of benzene rings is 2. The van der Waals surface area contributed by atoms with Gasteiger partial charge in [-0.1, -0.05) is 28.1 Å². The molecular weight excluding hydrogens is 316 g/mol. The minimum absolute atomic E-state index is 0.625. The van der Waals surface area contributed by atoms with Crippen molar-refractivity contribution in [2.45, 2.75) is 13.5 Å². The largest absolute Gasteiger partial charge is 0.494 e. The molecule has 0 aromatic heterocycles. The molecule has 0 heterocycles. The number of rotatable bonds is 5. The van der Waals surface area contributed by atoms with Gasteiger partial charge in [-0.05, 0) is 42.8 Å². The first kappa shape index (κ1) is 14.4. The van der Waals surface area contributed by atoms with Gasteiger partial charge in [0.1, 0.15) is 11.8 Å².